The van der Waals surface area contributed by atoms with Crippen molar-refractivity contribution in [2.24, 2.45) is 0 Å². The number of methoxy groups -OCH3 is 1. The fraction of sp³-hybridized carbons (Fsp3) is 0.385. The van der Waals surface area contributed by atoms with Crippen LogP contribution in [-0.2, 0) is 10.2 Å². The van der Waals surface area contributed by atoms with E-state index in [-0.39, 0.29) is 5.97 Å². The Morgan fingerprint density at radius 3 is 2.50 bits per heavy atom. The quantitative estimate of drug-likeness (QED) is 0.715. The van der Waals surface area contributed by atoms with E-state index in [0.717, 1.165) is 11.1 Å². The summed E-state index contributed by atoms with van der Waals surface area (Å²) in [6.07, 6.45) is 0. The maximum Gasteiger partial charge on any atom is 0.337 e. The second kappa shape index (κ2) is 4.36. The molecule has 3 nitrogen and oxygen atoms in total. The van der Waals surface area contributed by atoms with E-state index in [1.54, 1.807) is 12.1 Å². The van der Waals surface area contributed by atoms with E-state index in [9.17, 15) is 4.79 Å². The van der Waals surface area contributed by atoms with Gasteiger partial charge in [-0.2, -0.15) is 5.26 Å². The standard InChI is InChI=1S/C13H15NO2/c1-9-5-10(12(15)16-4)7-11(6-9)13(2,3)8-14/h5-7H,1-4H3. The maximum atomic E-state index is 11.4. The van der Waals surface area contributed by atoms with Gasteiger partial charge in [-0.3, -0.25) is 0 Å². The molecule has 16 heavy (non-hydrogen) atoms. The molecule has 0 N–H and O–H groups in total. The number of aryl methyl sites for hydroxylation is 1. The van der Waals surface area contributed by atoms with E-state index < -0.39 is 5.41 Å². The minimum Gasteiger partial charge on any atom is -0.465 e. The number of ether oxygens (including phenoxy) is 1. The van der Waals surface area contributed by atoms with E-state index in [2.05, 4.69) is 10.8 Å². The molecule has 0 atom stereocenters. The van der Waals surface area contributed by atoms with Gasteiger partial charge in [-0.15, -0.1) is 0 Å². The molecule has 0 aliphatic rings. The summed E-state index contributed by atoms with van der Waals surface area (Å²) in [4.78, 5) is 11.4. The fourth-order valence-corrected chi connectivity index (χ4v) is 1.44. The highest BCUT2D eigenvalue weighted by molar-refractivity contribution is 5.89. The molecule has 1 rings (SSSR count). The van der Waals surface area contributed by atoms with Gasteiger partial charge in [0.15, 0.2) is 0 Å². The number of carbonyl (C=O) groups is 1. The van der Waals surface area contributed by atoms with Crippen LogP contribution in [0.4, 0.5) is 0 Å². The average Bonchev–Trinajstić information content (AvgIpc) is 2.27. The molecule has 0 radical (unpaired) electrons. The van der Waals surface area contributed by atoms with Gasteiger partial charge in [-0.25, -0.2) is 4.79 Å². The molecule has 0 unspecified atom stereocenters. The zero-order valence-corrected chi connectivity index (χ0v) is 10.00. The molecule has 0 amide bonds. The largest absolute Gasteiger partial charge is 0.465 e. The van der Waals surface area contributed by atoms with E-state index in [1.807, 2.05) is 26.8 Å². The van der Waals surface area contributed by atoms with Gasteiger partial charge < -0.3 is 4.74 Å². The predicted molar refractivity (Wildman–Crippen MR) is 61.2 cm³/mol. The second-order valence-electron chi connectivity index (χ2n) is 4.32. The number of hydrogen-bond acceptors (Lipinski definition) is 3. The topological polar surface area (TPSA) is 50.1 Å². The first kappa shape index (κ1) is 12.3. The predicted octanol–water partition coefficient (Wildman–Crippen LogP) is 2.58. The summed E-state index contributed by atoms with van der Waals surface area (Å²) in [6, 6.07) is 7.59. The highest BCUT2D eigenvalue weighted by Crippen LogP contribution is 2.24. The zero-order chi connectivity index (χ0) is 12.3. The van der Waals surface area contributed by atoms with Crippen molar-refractivity contribution in [1.29, 1.82) is 5.26 Å². The average molecular weight is 217 g/mol. The summed E-state index contributed by atoms with van der Waals surface area (Å²) in [5, 5.41) is 9.06. The first-order valence-electron chi connectivity index (χ1n) is 5.02. The number of benzene rings is 1. The third-order valence-electron chi connectivity index (χ3n) is 2.50. The lowest BCUT2D eigenvalue weighted by molar-refractivity contribution is 0.0600. The summed E-state index contributed by atoms with van der Waals surface area (Å²) < 4.78 is 4.67. The molecule has 0 aliphatic carbocycles. The molecule has 0 saturated heterocycles. The third kappa shape index (κ3) is 2.40. The monoisotopic (exact) mass is 217 g/mol. The van der Waals surface area contributed by atoms with Crippen molar-refractivity contribution in [2.75, 3.05) is 7.11 Å². The van der Waals surface area contributed by atoms with E-state index >= 15 is 0 Å². The Labute approximate surface area is 95.7 Å². The molecule has 0 bridgehead atoms. The molecule has 0 aromatic heterocycles. The number of rotatable bonds is 2. The van der Waals surface area contributed by atoms with Crippen LogP contribution in [0.5, 0.6) is 0 Å². The molecule has 0 fully saturated rings. The van der Waals surface area contributed by atoms with Gasteiger partial charge >= 0.3 is 5.97 Å². The normalized spacial score (nSPS) is 10.7. The number of nitriles is 1. The molecule has 84 valence electrons. The van der Waals surface area contributed by atoms with Crippen LogP contribution in [0.3, 0.4) is 0 Å². The summed E-state index contributed by atoms with van der Waals surface area (Å²) in [5.74, 6) is -0.376. The van der Waals surface area contributed by atoms with E-state index in [4.69, 9.17) is 5.26 Å². The summed E-state index contributed by atoms with van der Waals surface area (Å²) in [7, 11) is 1.35. The molecule has 0 aliphatic heterocycles. The Morgan fingerprint density at radius 1 is 1.38 bits per heavy atom. The SMILES string of the molecule is COC(=O)c1cc(C)cc(C(C)(C)C#N)c1. The lowest BCUT2D eigenvalue weighted by atomic mass is 9.84. The van der Waals surface area contributed by atoms with Crippen molar-refractivity contribution in [1.82, 2.24) is 0 Å². The summed E-state index contributed by atoms with van der Waals surface area (Å²) >= 11 is 0. The molecule has 1 aromatic carbocycles. The first-order valence-corrected chi connectivity index (χ1v) is 5.02. The molecule has 3 heteroatoms. The molecule has 1 aromatic rings. The lowest BCUT2D eigenvalue weighted by Gasteiger charge is -2.17. The van der Waals surface area contributed by atoms with Crippen molar-refractivity contribution in [2.45, 2.75) is 26.2 Å². The number of esters is 1. The lowest BCUT2D eigenvalue weighted by Crippen LogP contribution is -2.15. The van der Waals surface area contributed by atoms with Crippen LogP contribution in [-0.4, -0.2) is 13.1 Å². The van der Waals surface area contributed by atoms with Crippen molar-refractivity contribution in [3.05, 3.63) is 34.9 Å². The molecular weight excluding hydrogens is 202 g/mol. The van der Waals surface area contributed by atoms with E-state index in [1.165, 1.54) is 7.11 Å². The smallest absolute Gasteiger partial charge is 0.337 e. The van der Waals surface area contributed by atoms with Crippen LogP contribution >= 0.6 is 0 Å². The van der Waals surface area contributed by atoms with Gasteiger partial charge in [0, 0.05) is 0 Å². The molecule has 0 saturated carbocycles. The summed E-state index contributed by atoms with van der Waals surface area (Å²) in [5.41, 5.74) is 1.66. The van der Waals surface area contributed by atoms with Crippen molar-refractivity contribution < 1.29 is 9.53 Å². The first-order chi connectivity index (χ1) is 7.40. The van der Waals surface area contributed by atoms with Crippen LogP contribution in [0.15, 0.2) is 18.2 Å². The Morgan fingerprint density at radius 2 is 2.00 bits per heavy atom. The van der Waals surface area contributed by atoms with E-state index in [0.29, 0.717) is 5.56 Å². The van der Waals surface area contributed by atoms with Gasteiger partial charge in [0.2, 0.25) is 0 Å². The minimum atomic E-state index is -0.602. The third-order valence-corrected chi connectivity index (χ3v) is 2.50. The molecular formula is C13H15NO2. The molecule has 0 spiro atoms. The number of hydrogen-bond donors (Lipinski definition) is 0. The van der Waals surface area contributed by atoms with Crippen LogP contribution < -0.4 is 0 Å². The van der Waals surface area contributed by atoms with Gasteiger partial charge in [-0.05, 0) is 44.0 Å². The molecule has 0 heterocycles. The van der Waals surface area contributed by atoms with Crippen LogP contribution in [0.2, 0.25) is 0 Å². The summed E-state index contributed by atoms with van der Waals surface area (Å²) in [6.45, 7) is 5.54. The van der Waals surface area contributed by atoms with Crippen molar-refractivity contribution in [3.8, 4) is 6.07 Å². The van der Waals surface area contributed by atoms with Gasteiger partial charge in [0.05, 0.1) is 24.2 Å². The van der Waals surface area contributed by atoms with Crippen LogP contribution in [0.25, 0.3) is 0 Å². The Bertz CT molecular complexity index is 455. The van der Waals surface area contributed by atoms with Crippen LogP contribution in [0, 0.1) is 18.3 Å². The van der Waals surface area contributed by atoms with Crippen molar-refractivity contribution in [3.63, 3.8) is 0 Å². The van der Waals surface area contributed by atoms with Gasteiger partial charge in [0.25, 0.3) is 0 Å². The van der Waals surface area contributed by atoms with Crippen LogP contribution in [0.1, 0.15) is 35.3 Å². The highest BCUT2D eigenvalue weighted by Gasteiger charge is 2.21. The zero-order valence-electron chi connectivity index (χ0n) is 10.00. The Hall–Kier alpha value is -1.82. The Balaban J connectivity index is 3.30. The fourth-order valence-electron chi connectivity index (χ4n) is 1.44. The van der Waals surface area contributed by atoms with Crippen molar-refractivity contribution >= 4 is 5.97 Å². The Kier molecular flexibility index (Phi) is 3.34. The number of carbonyl (C=O) groups excluding carboxylic acids is 1. The van der Waals surface area contributed by atoms with Gasteiger partial charge in [-0.1, -0.05) is 6.07 Å². The minimum absolute atomic E-state index is 0.376. The maximum absolute atomic E-state index is 11.4. The number of nitrogens with zero attached hydrogens (tertiary/aromatic N) is 1. The van der Waals surface area contributed by atoms with Gasteiger partial charge in [0.1, 0.15) is 0 Å². The second-order valence-corrected chi connectivity index (χ2v) is 4.32. The highest BCUT2D eigenvalue weighted by atomic mass is 16.5.